The number of benzene rings is 1. The van der Waals surface area contributed by atoms with Crippen molar-refractivity contribution in [2.75, 3.05) is 33.1 Å². The first-order chi connectivity index (χ1) is 11.5. The second kappa shape index (κ2) is 8.31. The van der Waals surface area contributed by atoms with Crippen LogP contribution in [0, 0.1) is 6.92 Å². The van der Waals surface area contributed by atoms with Crippen molar-refractivity contribution in [3.05, 3.63) is 53.9 Å². The lowest BCUT2D eigenvalue weighted by Gasteiger charge is -2.25. The molecule has 128 valence electrons. The highest BCUT2D eigenvalue weighted by Crippen LogP contribution is 2.22. The SMILES string of the molecule is COc1cccc([C@@H](CNC(=O)Nc2ccnc(C)c2)N(C)C)c1. The maximum atomic E-state index is 12.1. The summed E-state index contributed by atoms with van der Waals surface area (Å²) in [5, 5.41) is 5.73. The molecule has 1 atom stereocenters. The summed E-state index contributed by atoms with van der Waals surface area (Å²) < 4.78 is 5.28. The molecular weight excluding hydrogens is 304 g/mol. The second-order valence-electron chi connectivity index (χ2n) is 5.78. The number of nitrogens with zero attached hydrogens (tertiary/aromatic N) is 2. The third-order valence-corrected chi connectivity index (χ3v) is 3.71. The lowest BCUT2D eigenvalue weighted by Crippen LogP contribution is -2.36. The molecule has 0 spiro atoms. The monoisotopic (exact) mass is 328 g/mol. The molecule has 0 aliphatic heterocycles. The van der Waals surface area contributed by atoms with Crippen LogP contribution in [0.1, 0.15) is 17.3 Å². The van der Waals surface area contributed by atoms with Gasteiger partial charge >= 0.3 is 6.03 Å². The standard InChI is InChI=1S/C18H24N4O2/c1-13-10-15(8-9-19-13)21-18(23)20-12-17(22(2)3)14-6-5-7-16(11-14)24-4/h5-11,17H,12H2,1-4H3,(H2,19,20,21,23)/t17-/m1/s1. The van der Waals surface area contributed by atoms with E-state index in [9.17, 15) is 4.79 Å². The third-order valence-electron chi connectivity index (χ3n) is 3.71. The third kappa shape index (κ3) is 4.96. The molecule has 2 rings (SSSR count). The molecule has 2 N–H and O–H groups in total. The molecule has 0 saturated carbocycles. The Balaban J connectivity index is 1.99. The van der Waals surface area contributed by atoms with Crippen LogP contribution in [0.3, 0.4) is 0 Å². The van der Waals surface area contributed by atoms with E-state index in [1.54, 1.807) is 19.4 Å². The molecule has 0 fully saturated rings. The minimum atomic E-state index is -0.240. The Bertz CT molecular complexity index is 688. The summed E-state index contributed by atoms with van der Waals surface area (Å²) in [6.45, 7) is 2.37. The van der Waals surface area contributed by atoms with E-state index < -0.39 is 0 Å². The number of carbonyl (C=O) groups is 1. The molecule has 0 aliphatic carbocycles. The largest absolute Gasteiger partial charge is 0.497 e. The van der Waals surface area contributed by atoms with Crippen molar-refractivity contribution < 1.29 is 9.53 Å². The number of amides is 2. The zero-order chi connectivity index (χ0) is 17.5. The Kier molecular flexibility index (Phi) is 6.14. The zero-order valence-corrected chi connectivity index (χ0v) is 14.5. The van der Waals surface area contributed by atoms with Crippen LogP contribution < -0.4 is 15.4 Å². The number of rotatable bonds is 6. The van der Waals surface area contributed by atoms with Crippen molar-refractivity contribution in [1.29, 1.82) is 0 Å². The van der Waals surface area contributed by atoms with Gasteiger partial charge in [-0.3, -0.25) is 4.98 Å². The molecule has 1 aromatic heterocycles. The smallest absolute Gasteiger partial charge is 0.319 e. The fraction of sp³-hybridized carbons (Fsp3) is 0.333. The van der Waals surface area contributed by atoms with Crippen LogP contribution in [-0.4, -0.2) is 43.7 Å². The summed E-state index contributed by atoms with van der Waals surface area (Å²) in [6, 6.07) is 11.3. The molecule has 2 amide bonds. The minimum Gasteiger partial charge on any atom is -0.497 e. The Labute approximate surface area is 142 Å². The Hall–Kier alpha value is -2.60. The van der Waals surface area contributed by atoms with Crippen molar-refractivity contribution in [3.8, 4) is 5.75 Å². The van der Waals surface area contributed by atoms with Gasteiger partial charge in [-0.15, -0.1) is 0 Å². The van der Waals surface area contributed by atoms with E-state index >= 15 is 0 Å². The Morgan fingerprint density at radius 2 is 2.08 bits per heavy atom. The highest BCUT2D eigenvalue weighted by Gasteiger charge is 2.16. The number of anilines is 1. The quantitative estimate of drug-likeness (QED) is 0.856. The summed E-state index contributed by atoms with van der Waals surface area (Å²) >= 11 is 0. The number of methoxy groups -OCH3 is 1. The van der Waals surface area contributed by atoms with Gasteiger partial charge in [-0.05, 0) is 50.8 Å². The first-order valence-corrected chi connectivity index (χ1v) is 7.77. The molecule has 0 radical (unpaired) electrons. The number of ether oxygens (including phenoxy) is 1. The first kappa shape index (κ1) is 17.7. The van der Waals surface area contributed by atoms with Crippen molar-refractivity contribution in [2.45, 2.75) is 13.0 Å². The molecule has 0 aliphatic rings. The fourth-order valence-corrected chi connectivity index (χ4v) is 2.44. The summed E-state index contributed by atoms with van der Waals surface area (Å²) in [5.41, 5.74) is 2.66. The Morgan fingerprint density at radius 3 is 2.75 bits per heavy atom. The maximum absolute atomic E-state index is 12.1. The van der Waals surface area contributed by atoms with E-state index in [2.05, 4.69) is 20.5 Å². The van der Waals surface area contributed by atoms with Gasteiger partial charge in [0.05, 0.1) is 13.2 Å². The maximum Gasteiger partial charge on any atom is 0.319 e. The molecule has 0 saturated heterocycles. The predicted molar refractivity (Wildman–Crippen MR) is 95.4 cm³/mol. The average molecular weight is 328 g/mol. The molecule has 6 nitrogen and oxygen atoms in total. The van der Waals surface area contributed by atoms with E-state index in [1.165, 1.54) is 0 Å². The molecular formula is C18H24N4O2. The van der Waals surface area contributed by atoms with Crippen molar-refractivity contribution in [3.63, 3.8) is 0 Å². The number of hydrogen-bond donors (Lipinski definition) is 2. The Morgan fingerprint density at radius 1 is 1.29 bits per heavy atom. The van der Waals surface area contributed by atoms with Crippen LogP contribution in [0.2, 0.25) is 0 Å². The summed E-state index contributed by atoms with van der Waals surface area (Å²) in [5.74, 6) is 0.802. The molecule has 2 aromatic rings. The number of aromatic nitrogens is 1. The molecule has 0 bridgehead atoms. The lowest BCUT2D eigenvalue weighted by molar-refractivity contribution is 0.243. The molecule has 24 heavy (non-hydrogen) atoms. The topological polar surface area (TPSA) is 66.5 Å². The van der Waals surface area contributed by atoms with Crippen LogP contribution in [-0.2, 0) is 0 Å². The van der Waals surface area contributed by atoms with Crippen LogP contribution in [0.4, 0.5) is 10.5 Å². The number of urea groups is 1. The van der Waals surface area contributed by atoms with Gasteiger partial charge in [-0.2, -0.15) is 0 Å². The van der Waals surface area contributed by atoms with E-state index in [0.29, 0.717) is 6.54 Å². The summed E-state index contributed by atoms with van der Waals surface area (Å²) in [7, 11) is 5.61. The van der Waals surface area contributed by atoms with Gasteiger partial charge in [0.15, 0.2) is 0 Å². The molecule has 1 heterocycles. The molecule has 1 aromatic carbocycles. The summed E-state index contributed by atoms with van der Waals surface area (Å²) in [4.78, 5) is 18.3. The van der Waals surface area contributed by atoms with E-state index in [0.717, 1.165) is 22.7 Å². The molecule has 6 heteroatoms. The highest BCUT2D eigenvalue weighted by atomic mass is 16.5. The predicted octanol–water partition coefficient (Wildman–Crippen LogP) is 2.82. The van der Waals surface area contributed by atoms with Gasteiger partial charge in [0.2, 0.25) is 0 Å². The van der Waals surface area contributed by atoms with Gasteiger partial charge in [-0.25, -0.2) is 4.79 Å². The number of carbonyl (C=O) groups excluding carboxylic acids is 1. The van der Waals surface area contributed by atoms with Crippen LogP contribution >= 0.6 is 0 Å². The van der Waals surface area contributed by atoms with Gasteiger partial charge in [0, 0.05) is 24.1 Å². The van der Waals surface area contributed by atoms with E-state index in [4.69, 9.17) is 4.74 Å². The highest BCUT2D eigenvalue weighted by molar-refractivity contribution is 5.89. The number of pyridine rings is 1. The van der Waals surface area contributed by atoms with Crippen LogP contribution in [0.25, 0.3) is 0 Å². The van der Waals surface area contributed by atoms with Gasteiger partial charge in [0.25, 0.3) is 0 Å². The van der Waals surface area contributed by atoms with Crippen molar-refractivity contribution >= 4 is 11.7 Å². The van der Waals surface area contributed by atoms with Crippen LogP contribution in [0.15, 0.2) is 42.6 Å². The average Bonchev–Trinajstić information content (AvgIpc) is 2.55. The van der Waals surface area contributed by atoms with Gasteiger partial charge in [-0.1, -0.05) is 12.1 Å². The van der Waals surface area contributed by atoms with E-state index in [1.807, 2.05) is 51.4 Å². The minimum absolute atomic E-state index is 0.0463. The normalized spacial score (nSPS) is 11.9. The van der Waals surface area contributed by atoms with Crippen LogP contribution in [0.5, 0.6) is 5.75 Å². The zero-order valence-electron chi connectivity index (χ0n) is 14.5. The second-order valence-corrected chi connectivity index (χ2v) is 5.78. The molecule has 0 unspecified atom stereocenters. The fourth-order valence-electron chi connectivity index (χ4n) is 2.44. The first-order valence-electron chi connectivity index (χ1n) is 7.77. The van der Waals surface area contributed by atoms with Gasteiger partial charge < -0.3 is 20.3 Å². The van der Waals surface area contributed by atoms with Gasteiger partial charge in [0.1, 0.15) is 5.75 Å². The number of nitrogens with one attached hydrogen (secondary N) is 2. The number of likely N-dealkylation sites (N-methyl/N-ethyl adjacent to an activating group) is 1. The van der Waals surface area contributed by atoms with Crippen molar-refractivity contribution in [1.82, 2.24) is 15.2 Å². The number of hydrogen-bond acceptors (Lipinski definition) is 4. The van der Waals surface area contributed by atoms with Crippen molar-refractivity contribution in [2.24, 2.45) is 0 Å². The number of aryl methyl sites for hydroxylation is 1. The van der Waals surface area contributed by atoms with E-state index in [-0.39, 0.29) is 12.1 Å². The summed E-state index contributed by atoms with van der Waals surface area (Å²) in [6.07, 6.45) is 1.67. The lowest BCUT2D eigenvalue weighted by atomic mass is 10.1.